The zero-order chi connectivity index (χ0) is 13.1. The Kier molecular flexibility index (Phi) is 3.81. The standard InChI is InChI=1S/C13H18N2O3/c1-9-5-6-15(8-11(9)18-2)13(17)10-3-4-12(16)14-7-10/h3-4,7,9,11H,5-6,8H2,1-2H3,(H,14,16). The molecule has 0 bridgehead atoms. The molecule has 0 saturated carbocycles. The normalized spacial score (nSPS) is 24.0. The van der Waals surface area contributed by atoms with Crippen molar-refractivity contribution in [3.8, 4) is 0 Å². The van der Waals surface area contributed by atoms with Gasteiger partial charge in [0.2, 0.25) is 5.56 Å². The van der Waals surface area contributed by atoms with Gasteiger partial charge in [-0.15, -0.1) is 0 Å². The summed E-state index contributed by atoms with van der Waals surface area (Å²) in [6, 6.07) is 2.93. The fraction of sp³-hybridized carbons (Fsp3) is 0.538. The van der Waals surface area contributed by atoms with E-state index in [0.717, 1.165) is 13.0 Å². The van der Waals surface area contributed by atoms with Crippen LogP contribution >= 0.6 is 0 Å². The van der Waals surface area contributed by atoms with Gasteiger partial charge in [0, 0.05) is 32.5 Å². The van der Waals surface area contributed by atoms with Crippen LogP contribution in [0.1, 0.15) is 23.7 Å². The number of H-pyrrole nitrogens is 1. The molecule has 0 radical (unpaired) electrons. The molecule has 18 heavy (non-hydrogen) atoms. The first-order valence-electron chi connectivity index (χ1n) is 6.12. The van der Waals surface area contributed by atoms with Crippen molar-refractivity contribution in [2.45, 2.75) is 19.4 Å². The van der Waals surface area contributed by atoms with E-state index in [-0.39, 0.29) is 17.6 Å². The van der Waals surface area contributed by atoms with Crippen molar-refractivity contribution < 1.29 is 9.53 Å². The molecule has 1 saturated heterocycles. The van der Waals surface area contributed by atoms with Crippen LogP contribution in [0.2, 0.25) is 0 Å². The number of hydrogen-bond acceptors (Lipinski definition) is 3. The summed E-state index contributed by atoms with van der Waals surface area (Å²) < 4.78 is 5.39. The Bertz CT molecular complexity index is 463. The Morgan fingerprint density at radius 2 is 2.28 bits per heavy atom. The van der Waals surface area contributed by atoms with E-state index >= 15 is 0 Å². The molecule has 5 heteroatoms. The summed E-state index contributed by atoms with van der Waals surface area (Å²) in [4.78, 5) is 27.5. The monoisotopic (exact) mass is 250 g/mol. The van der Waals surface area contributed by atoms with E-state index < -0.39 is 0 Å². The summed E-state index contributed by atoms with van der Waals surface area (Å²) in [6.07, 6.45) is 2.49. The van der Waals surface area contributed by atoms with E-state index in [1.165, 1.54) is 12.3 Å². The first kappa shape index (κ1) is 12.8. The molecule has 0 spiro atoms. The topological polar surface area (TPSA) is 62.4 Å². The van der Waals surface area contributed by atoms with Gasteiger partial charge in [0.1, 0.15) is 0 Å². The van der Waals surface area contributed by atoms with Crippen LogP contribution in [0.25, 0.3) is 0 Å². The minimum Gasteiger partial charge on any atom is -0.379 e. The second-order valence-electron chi connectivity index (χ2n) is 4.73. The predicted octanol–water partition coefficient (Wildman–Crippen LogP) is 0.872. The minimum atomic E-state index is -0.200. The van der Waals surface area contributed by atoms with Gasteiger partial charge in [-0.05, 0) is 18.4 Å². The Labute approximate surface area is 106 Å². The number of rotatable bonds is 2. The van der Waals surface area contributed by atoms with E-state index in [0.29, 0.717) is 18.0 Å². The molecule has 0 aliphatic carbocycles. The quantitative estimate of drug-likeness (QED) is 0.847. The van der Waals surface area contributed by atoms with Crippen LogP contribution in [0.4, 0.5) is 0 Å². The molecule has 98 valence electrons. The summed E-state index contributed by atoms with van der Waals surface area (Å²) >= 11 is 0. The number of nitrogens with zero attached hydrogens (tertiary/aromatic N) is 1. The third-order valence-corrected chi connectivity index (χ3v) is 3.51. The highest BCUT2D eigenvalue weighted by Gasteiger charge is 2.29. The number of ether oxygens (including phenoxy) is 1. The number of likely N-dealkylation sites (tertiary alicyclic amines) is 1. The summed E-state index contributed by atoms with van der Waals surface area (Å²) in [5.41, 5.74) is 0.313. The van der Waals surface area contributed by atoms with Crippen LogP contribution in [-0.4, -0.2) is 42.1 Å². The number of carbonyl (C=O) groups is 1. The number of carbonyl (C=O) groups excluding carboxylic acids is 1. The first-order chi connectivity index (χ1) is 8.61. The molecule has 2 unspecified atom stereocenters. The number of hydrogen-bond donors (Lipinski definition) is 1. The lowest BCUT2D eigenvalue weighted by Gasteiger charge is -2.36. The molecular weight excluding hydrogens is 232 g/mol. The average Bonchev–Trinajstić information content (AvgIpc) is 2.39. The molecule has 1 aliphatic rings. The SMILES string of the molecule is COC1CN(C(=O)c2ccc(=O)[nH]c2)CCC1C. The molecule has 1 N–H and O–H groups in total. The van der Waals surface area contributed by atoms with E-state index in [2.05, 4.69) is 11.9 Å². The molecule has 1 aliphatic heterocycles. The van der Waals surface area contributed by atoms with Crippen molar-refractivity contribution in [1.82, 2.24) is 9.88 Å². The third-order valence-electron chi connectivity index (χ3n) is 3.51. The lowest BCUT2D eigenvalue weighted by molar-refractivity contribution is -0.00158. The minimum absolute atomic E-state index is 0.0554. The molecule has 1 fully saturated rings. The smallest absolute Gasteiger partial charge is 0.255 e. The highest BCUT2D eigenvalue weighted by atomic mass is 16.5. The van der Waals surface area contributed by atoms with Gasteiger partial charge < -0.3 is 14.6 Å². The van der Waals surface area contributed by atoms with Crippen LogP contribution in [-0.2, 0) is 4.74 Å². The Hall–Kier alpha value is -1.62. The van der Waals surface area contributed by atoms with E-state index in [9.17, 15) is 9.59 Å². The lowest BCUT2D eigenvalue weighted by Crippen LogP contribution is -2.46. The van der Waals surface area contributed by atoms with Gasteiger partial charge in [-0.1, -0.05) is 6.92 Å². The van der Waals surface area contributed by atoms with E-state index in [1.807, 2.05) is 0 Å². The van der Waals surface area contributed by atoms with Gasteiger partial charge in [0.25, 0.3) is 5.91 Å². The third kappa shape index (κ3) is 2.61. The molecule has 2 rings (SSSR count). The number of aromatic amines is 1. The first-order valence-corrected chi connectivity index (χ1v) is 6.12. The zero-order valence-corrected chi connectivity index (χ0v) is 10.7. The maximum Gasteiger partial charge on any atom is 0.255 e. The molecule has 1 aromatic heterocycles. The summed E-state index contributed by atoms with van der Waals surface area (Å²) in [5, 5.41) is 0. The second-order valence-corrected chi connectivity index (χ2v) is 4.73. The van der Waals surface area contributed by atoms with Gasteiger partial charge in [0.05, 0.1) is 11.7 Å². The molecule has 2 atom stereocenters. The molecule has 2 heterocycles. The Morgan fingerprint density at radius 3 is 2.89 bits per heavy atom. The summed E-state index contributed by atoms with van der Waals surface area (Å²) in [6.45, 7) is 3.48. The van der Waals surface area contributed by atoms with Crippen LogP contribution in [0.15, 0.2) is 23.1 Å². The fourth-order valence-electron chi connectivity index (χ4n) is 2.25. The van der Waals surface area contributed by atoms with Crippen molar-refractivity contribution >= 4 is 5.91 Å². The van der Waals surface area contributed by atoms with Gasteiger partial charge in [-0.3, -0.25) is 9.59 Å². The maximum absolute atomic E-state index is 12.2. The highest BCUT2D eigenvalue weighted by Crippen LogP contribution is 2.20. The van der Waals surface area contributed by atoms with Gasteiger partial charge >= 0.3 is 0 Å². The molecule has 1 amide bonds. The van der Waals surface area contributed by atoms with Crippen LogP contribution in [0, 0.1) is 5.92 Å². The van der Waals surface area contributed by atoms with Crippen LogP contribution in [0.5, 0.6) is 0 Å². The summed E-state index contributed by atoms with van der Waals surface area (Å²) in [5.74, 6) is 0.412. The number of aromatic nitrogens is 1. The number of methoxy groups -OCH3 is 1. The molecule has 0 aromatic carbocycles. The molecule has 5 nitrogen and oxygen atoms in total. The number of piperidine rings is 1. The highest BCUT2D eigenvalue weighted by molar-refractivity contribution is 5.93. The summed E-state index contributed by atoms with van der Waals surface area (Å²) in [7, 11) is 1.68. The van der Waals surface area contributed by atoms with Crippen LogP contribution in [0.3, 0.4) is 0 Å². The largest absolute Gasteiger partial charge is 0.379 e. The average molecular weight is 250 g/mol. The number of nitrogens with one attached hydrogen (secondary N) is 1. The maximum atomic E-state index is 12.2. The fourth-order valence-corrected chi connectivity index (χ4v) is 2.25. The van der Waals surface area contributed by atoms with Crippen molar-refractivity contribution in [3.63, 3.8) is 0 Å². The van der Waals surface area contributed by atoms with Crippen LogP contribution < -0.4 is 5.56 Å². The molecular formula is C13H18N2O3. The van der Waals surface area contributed by atoms with Gasteiger partial charge in [0.15, 0.2) is 0 Å². The van der Waals surface area contributed by atoms with Crippen molar-refractivity contribution in [2.75, 3.05) is 20.2 Å². The van der Waals surface area contributed by atoms with Crippen molar-refractivity contribution in [2.24, 2.45) is 5.92 Å². The predicted molar refractivity (Wildman–Crippen MR) is 67.5 cm³/mol. The van der Waals surface area contributed by atoms with E-state index in [4.69, 9.17) is 4.74 Å². The Balaban J connectivity index is 2.10. The zero-order valence-electron chi connectivity index (χ0n) is 10.7. The molecule has 1 aromatic rings. The van der Waals surface area contributed by atoms with Gasteiger partial charge in [-0.25, -0.2) is 0 Å². The second kappa shape index (κ2) is 5.35. The Morgan fingerprint density at radius 1 is 1.50 bits per heavy atom. The number of amides is 1. The van der Waals surface area contributed by atoms with E-state index in [1.54, 1.807) is 18.1 Å². The van der Waals surface area contributed by atoms with Crippen molar-refractivity contribution in [1.29, 1.82) is 0 Å². The van der Waals surface area contributed by atoms with Crippen molar-refractivity contribution in [3.05, 3.63) is 34.2 Å². The van der Waals surface area contributed by atoms with Gasteiger partial charge in [-0.2, -0.15) is 0 Å². The lowest BCUT2D eigenvalue weighted by atomic mass is 9.95. The number of pyridine rings is 1.